The Morgan fingerprint density at radius 3 is 2.50 bits per heavy atom. The molecule has 0 unspecified atom stereocenters. The number of likely N-dealkylation sites (tertiary alicyclic amines) is 1. The molecule has 1 saturated carbocycles. The van der Waals surface area contributed by atoms with Crippen molar-refractivity contribution in [1.82, 2.24) is 15.5 Å². The van der Waals surface area contributed by atoms with Gasteiger partial charge in [0.15, 0.2) is 0 Å². The van der Waals surface area contributed by atoms with E-state index in [1.807, 2.05) is 0 Å². The normalized spacial score (nSPS) is 31.0. The summed E-state index contributed by atoms with van der Waals surface area (Å²) in [7, 11) is 0. The predicted octanol–water partition coefficient (Wildman–Crippen LogP) is 1.73. The summed E-state index contributed by atoms with van der Waals surface area (Å²) in [5.74, 6) is 0.915. The lowest BCUT2D eigenvalue weighted by atomic mass is 9.78. The van der Waals surface area contributed by atoms with Crippen molar-refractivity contribution in [3.63, 3.8) is 0 Å². The first-order chi connectivity index (χ1) is 9.56. The first-order valence-corrected chi connectivity index (χ1v) is 7.89. The smallest absolute Gasteiger partial charge is 0.321 e. The van der Waals surface area contributed by atoms with Crippen LogP contribution in [0.4, 0.5) is 4.79 Å². The standard InChI is InChI=1S/C15H27N3O2/c1-11-6-5-7-13(12(11)2)16-15(20)17-14(19)10-18-8-3-4-9-18/h11-13H,3-10H2,1-2H3,(H2,16,17,19,20)/t11-,12+,13+/m1/s1. The van der Waals surface area contributed by atoms with Crippen LogP contribution in [0.3, 0.4) is 0 Å². The highest BCUT2D eigenvalue weighted by molar-refractivity contribution is 5.95. The molecule has 5 heteroatoms. The van der Waals surface area contributed by atoms with Crippen molar-refractivity contribution < 1.29 is 9.59 Å². The molecule has 0 radical (unpaired) electrons. The number of carbonyl (C=O) groups is 2. The molecule has 2 rings (SSSR count). The summed E-state index contributed by atoms with van der Waals surface area (Å²) < 4.78 is 0. The number of nitrogens with one attached hydrogen (secondary N) is 2. The molecule has 1 aliphatic heterocycles. The van der Waals surface area contributed by atoms with E-state index in [9.17, 15) is 9.59 Å². The Hall–Kier alpha value is -1.10. The maximum absolute atomic E-state index is 11.9. The summed E-state index contributed by atoms with van der Waals surface area (Å²) >= 11 is 0. The minimum atomic E-state index is -0.333. The third-order valence-electron chi connectivity index (χ3n) is 4.84. The highest BCUT2D eigenvalue weighted by Crippen LogP contribution is 2.29. The van der Waals surface area contributed by atoms with Gasteiger partial charge in [-0.2, -0.15) is 0 Å². The van der Waals surface area contributed by atoms with Gasteiger partial charge < -0.3 is 5.32 Å². The third kappa shape index (κ3) is 4.20. The monoisotopic (exact) mass is 281 g/mol. The molecule has 0 aromatic rings. The first-order valence-electron chi connectivity index (χ1n) is 7.89. The number of rotatable bonds is 3. The van der Waals surface area contributed by atoms with Gasteiger partial charge in [-0.3, -0.25) is 15.0 Å². The van der Waals surface area contributed by atoms with Gasteiger partial charge in [-0.15, -0.1) is 0 Å². The van der Waals surface area contributed by atoms with Crippen LogP contribution in [-0.4, -0.2) is 42.5 Å². The second-order valence-corrected chi connectivity index (χ2v) is 6.38. The third-order valence-corrected chi connectivity index (χ3v) is 4.84. The number of urea groups is 1. The average Bonchev–Trinajstić information content (AvgIpc) is 2.87. The van der Waals surface area contributed by atoms with E-state index in [0.717, 1.165) is 38.8 Å². The summed E-state index contributed by atoms with van der Waals surface area (Å²) in [6.07, 6.45) is 5.69. The maximum Gasteiger partial charge on any atom is 0.321 e. The lowest BCUT2D eigenvalue weighted by Gasteiger charge is -2.34. The molecule has 1 heterocycles. The van der Waals surface area contributed by atoms with Gasteiger partial charge in [0.2, 0.25) is 5.91 Å². The number of imide groups is 1. The van der Waals surface area contributed by atoms with Crippen LogP contribution in [0.2, 0.25) is 0 Å². The number of amides is 3. The van der Waals surface area contributed by atoms with Crippen molar-refractivity contribution in [2.45, 2.75) is 52.0 Å². The molecule has 0 aromatic carbocycles. The average molecular weight is 281 g/mol. The van der Waals surface area contributed by atoms with Crippen molar-refractivity contribution in [1.29, 1.82) is 0 Å². The van der Waals surface area contributed by atoms with E-state index in [1.54, 1.807) is 0 Å². The predicted molar refractivity (Wildman–Crippen MR) is 78.3 cm³/mol. The number of hydrogen-bond donors (Lipinski definition) is 2. The number of nitrogens with zero attached hydrogens (tertiary/aromatic N) is 1. The van der Waals surface area contributed by atoms with Gasteiger partial charge in [-0.1, -0.05) is 26.7 Å². The Kier molecular flexibility index (Phi) is 5.40. The SMILES string of the molecule is C[C@H]1[C@H](C)CCC[C@@H]1NC(=O)NC(=O)CN1CCCC1. The van der Waals surface area contributed by atoms with E-state index >= 15 is 0 Å². The largest absolute Gasteiger partial charge is 0.335 e. The van der Waals surface area contributed by atoms with Crippen LogP contribution < -0.4 is 10.6 Å². The van der Waals surface area contributed by atoms with Crippen LogP contribution in [0.15, 0.2) is 0 Å². The fourth-order valence-electron chi connectivity index (χ4n) is 3.30. The van der Waals surface area contributed by atoms with Gasteiger partial charge >= 0.3 is 6.03 Å². The van der Waals surface area contributed by atoms with E-state index in [4.69, 9.17) is 0 Å². The minimum Gasteiger partial charge on any atom is -0.335 e. The molecule has 2 N–H and O–H groups in total. The molecule has 0 bridgehead atoms. The molecule has 1 saturated heterocycles. The highest BCUT2D eigenvalue weighted by atomic mass is 16.2. The highest BCUT2D eigenvalue weighted by Gasteiger charge is 2.28. The molecular formula is C15H27N3O2. The lowest BCUT2D eigenvalue weighted by Crippen LogP contribution is -2.50. The summed E-state index contributed by atoms with van der Waals surface area (Å²) in [6.45, 7) is 6.68. The zero-order valence-electron chi connectivity index (χ0n) is 12.7. The zero-order valence-corrected chi connectivity index (χ0v) is 12.7. The Morgan fingerprint density at radius 1 is 1.10 bits per heavy atom. The van der Waals surface area contributed by atoms with Gasteiger partial charge in [0.25, 0.3) is 0 Å². The van der Waals surface area contributed by atoms with Crippen molar-refractivity contribution in [3.8, 4) is 0 Å². The molecule has 0 spiro atoms. The van der Waals surface area contributed by atoms with Crippen molar-refractivity contribution in [2.24, 2.45) is 11.8 Å². The Bertz CT molecular complexity index is 353. The molecule has 0 aromatic heterocycles. The van der Waals surface area contributed by atoms with Crippen molar-refractivity contribution in [2.75, 3.05) is 19.6 Å². The molecule has 3 atom stereocenters. The van der Waals surface area contributed by atoms with E-state index < -0.39 is 0 Å². The second-order valence-electron chi connectivity index (χ2n) is 6.38. The second kappa shape index (κ2) is 7.07. The van der Waals surface area contributed by atoms with Gasteiger partial charge in [0, 0.05) is 6.04 Å². The molecule has 2 aliphatic rings. The fourth-order valence-corrected chi connectivity index (χ4v) is 3.30. The van der Waals surface area contributed by atoms with Crippen LogP contribution in [0.25, 0.3) is 0 Å². The molecule has 114 valence electrons. The van der Waals surface area contributed by atoms with Crippen molar-refractivity contribution in [3.05, 3.63) is 0 Å². The van der Waals surface area contributed by atoms with E-state index in [1.165, 1.54) is 6.42 Å². The quantitative estimate of drug-likeness (QED) is 0.828. The maximum atomic E-state index is 11.9. The van der Waals surface area contributed by atoms with E-state index in [0.29, 0.717) is 18.4 Å². The molecule has 2 fully saturated rings. The molecule has 20 heavy (non-hydrogen) atoms. The van der Waals surface area contributed by atoms with Crippen molar-refractivity contribution >= 4 is 11.9 Å². The molecule has 1 aliphatic carbocycles. The zero-order chi connectivity index (χ0) is 14.5. The summed E-state index contributed by atoms with van der Waals surface area (Å²) in [6, 6.07) is -0.140. The topological polar surface area (TPSA) is 61.4 Å². The Morgan fingerprint density at radius 2 is 1.80 bits per heavy atom. The van der Waals surface area contributed by atoms with E-state index in [2.05, 4.69) is 29.4 Å². The summed E-state index contributed by atoms with van der Waals surface area (Å²) in [4.78, 5) is 25.8. The number of carbonyl (C=O) groups excluding carboxylic acids is 2. The fraction of sp³-hybridized carbons (Fsp3) is 0.867. The molecule has 3 amide bonds. The minimum absolute atomic E-state index is 0.193. The molecule has 5 nitrogen and oxygen atoms in total. The number of hydrogen-bond acceptors (Lipinski definition) is 3. The van der Waals surface area contributed by atoms with Gasteiger partial charge in [0.05, 0.1) is 6.54 Å². The molecular weight excluding hydrogens is 254 g/mol. The first kappa shape index (κ1) is 15.3. The lowest BCUT2D eigenvalue weighted by molar-refractivity contribution is -0.120. The van der Waals surface area contributed by atoms with Gasteiger partial charge in [-0.05, 0) is 44.2 Å². The van der Waals surface area contributed by atoms with Crippen LogP contribution in [0.5, 0.6) is 0 Å². The summed E-state index contributed by atoms with van der Waals surface area (Å²) in [5.41, 5.74) is 0. The van der Waals surface area contributed by atoms with Crippen LogP contribution >= 0.6 is 0 Å². The summed E-state index contributed by atoms with van der Waals surface area (Å²) in [5, 5.41) is 5.42. The van der Waals surface area contributed by atoms with E-state index in [-0.39, 0.29) is 18.0 Å². The van der Waals surface area contributed by atoms with Crippen LogP contribution in [0.1, 0.15) is 46.0 Å². The Labute approximate surface area is 121 Å². The van der Waals surface area contributed by atoms with Gasteiger partial charge in [0.1, 0.15) is 0 Å². The van der Waals surface area contributed by atoms with Gasteiger partial charge in [-0.25, -0.2) is 4.79 Å². The Balaban J connectivity index is 1.72. The van der Waals surface area contributed by atoms with Crippen LogP contribution in [-0.2, 0) is 4.79 Å². The van der Waals surface area contributed by atoms with Crippen LogP contribution in [0, 0.1) is 11.8 Å².